The molecule has 0 spiro atoms. The summed E-state index contributed by atoms with van der Waals surface area (Å²) in [4.78, 5) is 0. The Morgan fingerprint density at radius 2 is 0.892 bits per heavy atom. The highest BCUT2D eigenvalue weighted by molar-refractivity contribution is 5.99. The maximum atomic E-state index is 2.52. The third-order valence-electron chi connectivity index (χ3n) is 9.41. The molecule has 0 amide bonds. The average molecular weight is 479 g/mol. The summed E-state index contributed by atoms with van der Waals surface area (Å²) in [6.07, 6.45) is 0. The van der Waals surface area contributed by atoms with Gasteiger partial charge in [0.1, 0.15) is 0 Å². The normalized spacial score (nSPS) is 17.7. The van der Waals surface area contributed by atoms with E-state index in [-0.39, 0.29) is 17.3 Å². The lowest BCUT2D eigenvalue weighted by Crippen LogP contribution is -2.29. The van der Waals surface area contributed by atoms with Gasteiger partial charge in [-0.15, -0.1) is 0 Å². The molecule has 4 aromatic carbocycles. The smallest absolute Gasteiger partial charge is 0.0530 e. The molecule has 0 radical (unpaired) electrons. The van der Waals surface area contributed by atoms with Crippen molar-refractivity contribution in [3.63, 3.8) is 0 Å². The fraction of sp³-hybridized carbons (Fsp3) is 0.200. The second-order valence-electron chi connectivity index (χ2n) is 11.5. The number of hydrogen-bond donors (Lipinski definition) is 0. The molecule has 37 heavy (non-hydrogen) atoms. The third kappa shape index (κ3) is 2.46. The zero-order valence-corrected chi connectivity index (χ0v) is 21.8. The van der Waals surface area contributed by atoms with Gasteiger partial charge < -0.3 is 9.13 Å². The van der Waals surface area contributed by atoms with E-state index < -0.39 is 0 Å². The van der Waals surface area contributed by atoms with Crippen LogP contribution >= 0.6 is 0 Å². The van der Waals surface area contributed by atoms with Gasteiger partial charge in [0.2, 0.25) is 0 Å². The zero-order chi connectivity index (χ0) is 25.1. The maximum absolute atomic E-state index is 2.52. The van der Waals surface area contributed by atoms with E-state index in [2.05, 4.69) is 134 Å². The highest BCUT2D eigenvalue weighted by Crippen LogP contribution is 2.64. The Hall–Kier alpha value is -4.04. The van der Waals surface area contributed by atoms with Gasteiger partial charge in [0.25, 0.3) is 0 Å². The summed E-state index contributed by atoms with van der Waals surface area (Å²) in [5.41, 5.74) is 14.0. The number of para-hydroxylation sites is 2. The van der Waals surface area contributed by atoms with Crippen LogP contribution in [-0.2, 0) is 14.1 Å². The van der Waals surface area contributed by atoms with E-state index in [1.807, 2.05) is 0 Å². The fourth-order valence-corrected chi connectivity index (χ4v) is 8.03. The van der Waals surface area contributed by atoms with Gasteiger partial charge in [-0.25, -0.2) is 0 Å². The fourth-order valence-electron chi connectivity index (χ4n) is 8.03. The van der Waals surface area contributed by atoms with Crippen LogP contribution in [0.2, 0.25) is 0 Å². The lowest BCUT2D eigenvalue weighted by molar-refractivity contribution is 0.284. The Labute approximate surface area is 217 Å². The van der Waals surface area contributed by atoms with Crippen molar-refractivity contribution in [2.45, 2.75) is 25.7 Å². The van der Waals surface area contributed by atoms with Crippen molar-refractivity contribution in [1.29, 1.82) is 0 Å². The Bertz CT molecular complexity index is 1760. The summed E-state index contributed by atoms with van der Waals surface area (Å²) in [7, 11) is 4.47. The molecule has 2 aliphatic rings. The highest BCUT2D eigenvalue weighted by Gasteiger charge is 2.50. The topological polar surface area (TPSA) is 9.86 Å². The zero-order valence-electron chi connectivity index (χ0n) is 21.8. The molecule has 0 aliphatic heterocycles. The number of rotatable bonds is 2. The number of benzene rings is 4. The summed E-state index contributed by atoms with van der Waals surface area (Å²) in [6, 6.07) is 36.2. The summed E-state index contributed by atoms with van der Waals surface area (Å²) in [6.45, 7) is 5.04. The van der Waals surface area contributed by atoms with Gasteiger partial charge >= 0.3 is 0 Å². The van der Waals surface area contributed by atoms with Crippen LogP contribution < -0.4 is 0 Å². The summed E-state index contributed by atoms with van der Waals surface area (Å²) < 4.78 is 4.84. The van der Waals surface area contributed by atoms with Gasteiger partial charge in [-0.2, -0.15) is 0 Å². The van der Waals surface area contributed by atoms with Crippen LogP contribution in [0.3, 0.4) is 0 Å². The predicted molar refractivity (Wildman–Crippen MR) is 154 cm³/mol. The van der Waals surface area contributed by atoms with Crippen molar-refractivity contribution >= 4 is 21.8 Å². The van der Waals surface area contributed by atoms with E-state index in [9.17, 15) is 0 Å². The molecule has 0 fully saturated rings. The van der Waals surface area contributed by atoms with Crippen LogP contribution in [0.1, 0.15) is 47.9 Å². The van der Waals surface area contributed by atoms with Crippen LogP contribution in [0.25, 0.3) is 44.3 Å². The van der Waals surface area contributed by atoms with E-state index in [4.69, 9.17) is 0 Å². The first kappa shape index (κ1) is 21.1. The summed E-state index contributed by atoms with van der Waals surface area (Å²) >= 11 is 0. The largest absolute Gasteiger partial charge is 0.343 e. The van der Waals surface area contributed by atoms with Gasteiger partial charge in [-0.05, 0) is 39.8 Å². The molecule has 6 aromatic rings. The van der Waals surface area contributed by atoms with Crippen molar-refractivity contribution in [1.82, 2.24) is 9.13 Å². The molecule has 0 saturated carbocycles. The van der Waals surface area contributed by atoms with Crippen LogP contribution in [0.5, 0.6) is 0 Å². The Kier molecular flexibility index (Phi) is 4.01. The first-order valence-electron chi connectivity index (χ1n) is 13.3. The molecule has 2 heterocycles. The first-order chi connectivity index (χ1) is 18.0. The minimum Gasteiger partial charge on any atom is -0.343 e. The molecular weight excluding hydrogens is 448 g/mol. The molecule has 2 nitrogen and oxygen atoms in total. The third-order valence-corrected chi connectivity index (χ3v) is 9.41. The molecule has 2 unspecified atom stereocenters. The standard InChI is InChI=1S/C35H30N2/c1-35(2,31-21-13-5-7-15-23(21)33-29(31)25-17-9-11-19-27(25)36(33)3)32-22-14-6-8-16-24(22)34-30(32)26-18-10-12-20-28(26)37(34)4/h5-20,31-32H,1-4H3. The van der Waals surface area contributed by atoms with Crippen molar-refractivity contribution in [3.8, 4) is 22.5 Å². The molecular formula is C35H30N2. The maximum Gasteiger partial charge on any atom is 0.0530 e. The Morgan fingerprint density at radius 1 is 0.514 bits per heavy atom. The molecule has 2 atom stereocenters. The SMILES string of the molecule is Cn1c2c(c3ccccc31)C(C(C)(C)C1c3ccccc3-c3c1c1ccccc1n3C)c1ccccc1-2. The second-order valence-corrected chi connectivity index (χ2v) is 11.5. The quantitative estimate of drug-likeness (QED) is 0.236. The van der Waals surface area contributed by atoms with Gasteiger partial charge in [0.15, 0.2) is 0 Å². The van der Waals surface area contributed by atoms with E-state index in [0.717, 1.165) is 0 Å². The summed E-state index contributed by atoms with van der Waals surface area (Å²) in [5, 5.41) is 2.78. The van der Waals surface area contributed by atoms with E-state index >= 15 is 0 Å². The van der Waals surface area contributed by atoms with E-state index in [0.29, 0.717) is 0 Å². The number of aryl methyl sites for hydroxylation is 2. The van der Waals surface area contributed by atoms with Crippen LogP contribution in [-0.4, -0.2) is 9.13 Å². The van der Waals surface area contributed by atoms with Gasteiger partial charge in [0, 0.05) is 58.9 Å². The first-order valence-corrected chi connectivity index (χ1v) is 13.3. The van der Waals surface area contributed by atoms with Crippen molar-refractivity contribution in [2.24, 2.45) is 19.5 Å². The van der Waals surface area contributed by atoms with Crippen molar-refractivity contribution < 1.29 is 0 Å². The molecule has 2 aliphatic carbocycles. The lowest BCUT2D eigenvalue weighted by Gasteiger charge is -2.40. The Balaban J connectivity index is 1.46. The lowest BCUT2D eigenvalue weighted by atomic mass is 9.62. The molecule has 0 saturated heterocycles. The van der Waals surface area contributed by atoms with E-state index in [1.165, 1.54) is 66.6 Å². The molecule has 2 aromatic heterocycles. The predicted octanol–water partition coefficient (Wildman–Crippen LogP) is 8.62. The minimum absolute atomic E-state index is 0.0725. The van der Waals surface area contributed by atoms with Crippen molar-refractivity contribution in [2.75, 3.05) is 0 Å². The van der Waals surface area contributed by atoms with Gasteiger partial charge in [0.05, 0.1) is 11.4 Å². The van der Waals surface area contributed by atoms with Crippen LogP contribution in [0.15, 0.2) is 97.1 Å². The second kappa shape index (κ2) is 7.04. The number of nitrogens with zero attached hydrogens (tertiary/aromatic N) is 2. The summed E-state index contributed by atoms with van der Waals surface area (Å²) in [5.74, 6) is 0.570. The minimum atomic E-state index is -0.0725. The molecule has 180 valence electrons. The van der Waals surface area contributed by atoms with E-state index in [1.54, 1.807) is 0 Å². The van der Waals surface area contributed by atoms with Gasteiger partial charge in [-0.1, -0.05) is 98.8 Å². The number of fused-ring (bicyclic) bond motifs is 10. The van der Waals surface area contributed by atoms with Gasteiger partial charge in [-0.3, -0.25) is 0 Å². The molecule has 8 rings (SSSR count). The Morgan fingerprint density at radius 3 is 1.35 bits per heavy atom. The number of hydrogen-bond acceptors (Lipinski definition) is 0. The monoisotopic (exact) mass is 478 g/mol. The van der Waals surface area contributed by atoms with Crippen LogP contribution in [0.4, 0.5) is 0 Å². The molecule has 0 bridgehead atoms. The number of aromatic nitrogens is 2. The molecule has 0 N–H and O–H groups in total. The highest BCUT2D eigenvalue weighted by atomic mass is 15.0. The average Bonchev–Trinajstić information content (AvgIpc) is 3.62. The van der Waals surface area contributed by atoms with Crippen molar-refractivity contribution in [3.05, 3.63) is 119 Å². The molecule has 2 heteroatoms. The van der Waals surface area contributed by atoms with Crippen LogP contribution in [0, 0.1) is 5.41 Å².